The normalized spacial score (nSPS) is 15.7. The maximum Gasteiger partial charge on any atom is 0.288 e. The summed E-state index contributed by atoms with van der Waals surface area (Å²) in [6.45, 7) is 2.30. The Hall–Kier alpha value is -1.67. The highest BCUT2D eigenvalue weighted by atomic mass is 32.2. The van der Waals surface area contributed by atoms with Crippen LogP contribution >= 0.6 is 23.5 Å². The van der Waals surface area contributed by atoms with Gasteiger partial charge in [0.1, 0.15) is 5.75 Å². The third kappa shape index (κ3) is 4.90. The molecule has 1 heterocycles. The van der Waals surface area contributed by atoms with Crippen molar-refractivity contribution in [3.8, 4) is 5.75 Å². The zero-order chi connectivity index (χ0) is 16.8. The Kier molecular flexibility index (Phi) is 6.35. The molecule has 1 atom stereocenters. The zero-order valence-corrected chi connectivity index (χ0v) is 14.5. The van der Waals surface area contributed by atoms with Gasteiger partial charge >= 0.3 is 0 Å². The van der Waals surface area contributed by atoms with E-state index in [1.54, 1.807) is 7.11 Å². The van der Waals surface area contributed by atoms with Crippen molar-refractivity contribution in [3.63, 3.8) is 0 Å². The summed E-state index contributed by atoms with van der Waals surface area (Å²) in [5.41, 5.74) is 0. The number of nitrogens with zero attached hydrogens (tertiary/aromatic N) is 1. The number of benzene rings is 1. The predicted molar refractivity (Wildman–Crippen MR) is 90.9 cm³/mol. The summed E-state index contributed by atoms with van der Waals surface area (Å²) in [6, 6.07) is 7.47. The van der Waals surface area contributed by atoms with Gasteiger partial charge in [0.25, 0.3) is 5.24 Å². The predicted octanol–water partition coefficient (Wildman–Crippen LogP) is 1.99. The molecule has 1 aliphatic heterocycles. The molecule has 8 heteroatoms. The number of methoxy groups -OCH3 is 1. The molecule has 124 valence electrons. The van der Waals surface area contributed by atoms with E-state index in [0.717, 1.165) is 22.4 Å². The second-order valence-corrected chi connectivity index (χ2v) is 7.17. The molecule has 0 saturated carbocycles. The summed E-state index contributed by atoms with van der Waals surface area (Å²) in [7, 11) is 1.60. The lowest BCUT2D eigenvalue weighted by atomic mass is 10.3. The molecule has 1 N–H and O–H groups in total. The average molecular weight is 354 g/mol. The van der Waals surface area contributed by atoms with Gasteiger partial charge in [0, 0.05) is 18.0 Å². The number of rotatable bonds is 7. The monoisotopic (exact) mass is 354 g/mol. The second-order valence-electron chi connectivity index (χ2n) is 4.83. The summed E-state index contributed by atoms with van der Waals surface area (Å²) in [4.78, 5) is 37.1. The molecular formula is C15H18N2O4S2. The van der Waals surface area contributed by atoms with Crippen molar-refractivity contribution < 1.29 is 19.1 Å². The first kappa shape index (κ1) is 17.7. The lowest BCUT2D eigenvalue weighted by molar-refractivity contribution is -0.125. The van der Waals surface area contributed by atoms with Gasteiger partial charge in [-0.1, -0.05) is 11.8 Å². The first-order valence-corrected chi connectivity index (χ1v) is 8.93. The molecule has 0 aromatic heterocycles. The molecule has 1 aromatic carbocycles. The van der Waals surface area contributed by atoms with Gasteiger partial charge < -0.3 is 10.1 Å². The van der Waals surface area contributed by atoms with Crippen LogP contribution in [0.3, 0.4) is 0 Å². The number of thioether (sulfide) groups is 2. The first-order chi connectivity index (χ1) is 11.0. The van der Waals surface area contributed by atoms with E-state index in [0.29, 0.717) is 0 Å². The van der Waals surface area contributed by atoms with E-state index in [1.165, 1.54) is 16.7 Å². The fourth-order valence-corrected chi connectivity index (χ4v) is 3.59. The molecule has 2 rings (SSSR count). The summed E-state index contributed by atoms with van der Waals surface area (Å²) >= 11 is 2.43. The summed E-state index contributed by atoms with van der Waals surface area (Å²) < 4.78 is 5.09. The van der Waals surface area contributed by atoms with Crippen molar-refractivity contribution in [2.24, 2.45) is 0 Å². The third-order valence-electron chi connectivity index (χ3n) is 3.22. The molecule has 0 unspecified atom stereocenters. The molecule has 3 amide bonds. The van der Waals surface area contributed by atoms with Gasteiger partial charge in [-0.15, -0.1) is 11.8 Å². The highest BCUT2D eigenvalue weighted by Crippen LogP contribution is 2.25. The minimum atomic E-state index is -0.275. The van der Waals surface area contributed by atoms with Crippen LogP contribution < -0.4 is 10.1 Å². The quantitative estimate of drug-likeness (QED) is 0.755. The number of amides is 3. The Balaban J connectivity index is 1.76. The number of hydrogen-bond donors (Lipinski definition) is 1. The number of carbonyl (C=O) groups is 3. The Morgan fingerprint density at radius 2 is 2.09 bits per heavy atom. The molecule has 0 spiro atoms. The lowest BCUT2D eigenvalue weighted by Gasteiger charge is -2.15. The van der Waals surface area contributed by atoms with Crippen molar-refractivity contribution in [1.82, 2.24) is 10.2 Å². The number of nitrogens with one attached hydrogen (secondary N) is 1. The van der Waals surface area contributed by atoms with E-state index in [-0.39, 0.29) is 41.1 Å². The number of carbonyl (C=O) groups excluding carboxylic acids is 3. The standard InChI is InChI=1S/C15H18N2O4S2/c1-10(23-12-5-3-11(21-2)4-6-12)14(19)16-7-8-17-13(18)9-22-15(17)20/h3-6,10H,7-9H2,1-2H3,(H,16,19)/t10-/m1/s1. The SMILES string of the molecule is COc1ccc(S[C@H](C)C(=O)NCCN2C(=O)CSC2=O)cc1. The highest BCUT2D eigenvalue weighted by molar-refractivity contribution is 8.14. The van der Waals surface area contributed by atoms with Gasteiger partial charge in [0.05, 0.1) is 18.1 Å². The molecule has 0 radical (unpaired) electrons. The van der Waals surface area contributed by atoms with E-state index in [9.17, 15) is 14.4 Å². The molecule has 1 aromatic rings. The number of imide groups is 1. The van der Waals surface area contributed by atoms with E-state index < -0.39 is 0 Å². The smallest absolute Gasteiger partial charge is 0.288 e. The van der Waals surface area contributed by atoms with E-state index in [2.05, 4.69) is 5.32 Å². The first-order valence-electron chi connectivity index (χ1n) is 7.07. The van der Waals surface area contributed by atoms with Gasteiger partial charge in [-0.05, 0) is 31.2 Å². The van der Waals surface area contributed by atoms with Crippen LogP contribution in [0.4, 0.5) is 4.79 Å². The highest BCUT2D eigenvalue weighted by Gasteiger charge is 2.29. The number of ether oxygens (including phenoxy) is 1. The van der Waals surface area contributed by atoms with Gasteiger partial charge in [-0.25, -0.2) is 0 Å². The molecule has 1 saturated heterocycles. The van der Waals surface area contributed by atoms with Crippen LogP contribution in [0.1, 0.15) is 6.92 Å². The summed E-state index contributed by atoms with van der Waals surface area (Å²) in [6.07, 6.45) is 0. The molecule has 0 bridgehead atoms. The lowest BCUT2D eigenvalue weighted by Crippen LogP contribution is -2.39. The zero-order valence-electron chi connectivity index (χ0n) is 12.9. The van der Waals surface area contributed by atoms with Gasteiger partial charge in [-0.3, -0.25) is 19.3 Å². The van der Waals surface area contributed by atoms with Crippen molar-refractivity contribution in [2.45, 2.75) is 17.1 Å². The molecule has 1 fully saturated rings. The minimum absolute atomic E-state index is 0.127. The molecular weight excluding hydrogens is 336 g/mol. The van der Waals surface area contributed by atoms with Crippen LogP contribution in [-0.2, 0) is 9.59 Å². The van der Waals surface area contributed by atoms with E-state index >= 15 is 0 Å². The van der Waals surface area contributed by atoms with Crippen LogP contribution in [0.15, 0.2) is 29.2 Å². The minimum Gasteiger partial charge on any atom is -0.497 e. The van der Waals surface area contributed by atoms with Crippen LogP contribution in [0.2, 0.25) is 0 Å². The fraction of sp³-hybridized carbons (Fsp3) is 0.400. The van der Waals surface area contributed by atoms with Gasteiger partial charge in [-0.2, -0.15) is 0 Å². The van der Waals surface area contributed by atoms with Crippen LogP contribution in [-0.4, -0.2) is 53.2 Å². The van der Waals surface area contributed by atoms with Crippen LogP contribution in [0.5, 0.6) is 5.75 Å². The summed E-state index contributed by atoms with van der Waals surface area (Å²) in [5, 5.41) is 2.23. The fourth-order valence-electron chi connectivity index (χ4n) is 1.94. The molecule has 1 aliphatic rings. The van der Waals surface area contributed by atoms with Crippen LogP contribution in [0, 0.1) is 0 Å². The maximum absolute atomic E-state index is 12.1. The van der Waals surface area contributed by atoms with Gasteiger partial charge in [0.2, 0.25) is 11.8 Å². The Bertz CT molecular complexity index is 576. The maximum atomic E-state index is 12.1. The Labute approximate surface area is 143 Å². The van der Waals surface area contributed by atoms with E-state index in [1.807, 2.05) is 31.2 Å². The van der Waals surface area contributed by atoms with Crippen LogP contribution in [0.25, 0.3) is 0 Å². The van der Waals surface area contributed by atoms with Crippen molar-refractivity contribution >= 4 is 40.6 Å². The second kappa shape index (κ2) is 8.26. The molecule has 0 aliphatic carbocycles. The molecule has 23 heavy (non-hydrogen) atoms. The third-order valence-corrected chi connectivity index (χ3v) is 5.19. The van der Waals surface area contributed by atoms with E-state index in [4.69, 9.17) is 4.74 Å². The Morgan fingerprint density at radius 1 is 1.39 bits per heavy atom. The van der Waals surface area contributed by atoms with Crippen molar-refractivity contribution in [2.75, 3.05) is 26.0 Å². The largest absolute Gasteiger partial charge is 0.497 e. The molecule has 6 nitrogen and oxygen atoms in total. The van der Waals surface area contributed by atoms with Crippen molar-refractivity contribution in [1.29, 1.82) is 0 Å². The topological polar surface area (TPSA) is 75.7 Å². The van der Waals surface area contributed by atoms with Gasteiger partial charge in [0.15, 0.2) is 0 Å². The average Bonchev–Trinajstić information content (AvgIpc) is 2.87. The number of hydrogen-bond acceptors (Lipinski definition) is 6. The Morgan fingerprint density at radius 3 is 2.65 bits per heavy atom. The van der Waals surface area contributed by atoms with Crippen molar-refractivity contribution in [3.05, 3.63) is 24.3 Å². The summed E-state index contributed by atoms with van der Waals surface area (Å²) in [5.74, 6) is 0.632.